The van der Waals surface area contributed by atoms with E-state index in [9.17, 15) is 22.0 Å². The van der Waals surface area contributed by atoms with Crippen LogP contribution in [0.2, 0.25) is 0 Å². The predicted molar refractivity (Wildman–Crippen MR) is 44.7 cm³/mol. The molecular weight excluding hydrogens is 221 g/mol. The number of hydrogen-bond acceptors (Lipinski definition) is 2. The normalized spacial score (nSPS) is 18.3. The molecule has 90 valence electrons. The minimum Gasteiger partial charge on any atom is -0.395 e. The van der Waals surface area contributed by atoms with Crippen molar-refractivity contribution in [2.75, 3.05) is 13.2 Å². The molecule has 0 heterocycles. The van der Waals surface area contributed by atoms with Gasteiger partial charge in [-0.2, -0.15) is 13.2 Å². The Bertz CT molecular complexity index is 230. The van der Waals surface area contributed by atoms with Crippen LogP contribution in [0.5, 0.6) is 0 Å². The van der Waals surface area contributed by atoms with Gasteiger partial charge in [-0.3, -0.25) is 5.32 Å². The second-order valence-electron chi connectivity index (χ2n) is 3.03. The van der Waals surface area contributed by atoms with E-state index < -0.39 is 36.9 Å². The lowest BCUT2D eigenvalue weighted by Gasteiger charge is -2.31. The Morgan fingerprint density at radius 2 is 1.87 bits per heavy atom. The third-order valence-electron chi connectivity index (χ3n) is 1.82. The van der Waals surface area contributed by atoms with Crippen LogP contribution in [0, 0.1) is 0 Å². The Balaban J connectivity index is 4.88. The van der Waals surface area contributed by atoms with Gasteiger partial charge in [0.25, 0.3) is 5.67 Å². The van der Waals surface area contributed by atoms with Gasteiger partial charge in [-0.25, -0.2) is 8.78 Å². The Labute approximate surface area is 83.8 Å². The summed E-state index contributed by atoms with van der Waals surface area (Å²) in [5, 5.41) is 9.86. The van der Waals surface area contributed by atoms with Crippen molar-refractivity contribution in [1.29, 1.82) is 0 Å². The molecule has 2 nitrogen and oxygen atoms in total. The van der Waals surface area contributed by atoms with E-state index in [1.165, 1.54) is 0 Å². The van der Waals surface area contributed by atoms with Crippen molar-refractivity contribution in [1.82, 2.24) is 5.32 Å². The van der Waals surface area contributed by atoms with Crippen molar-refractivity contribution >= 4 is 0 Å². The van der Waals surface area contributed by atoms with E-state index in [2.05, 4.69) is 6.58 Å². The lowest BCUT2D eigenvalue weighted by atomic mass is 9.96. The molecule has 0 saturated heterocycles. The van der Waals surface area contributed by atoms with Crippen LogP contribution in [0.15, 0.2) is 12.2 Å². The smallest absolute Gasteiger partial charge is 0.395 e. The number of nitrogens with one attached hydrogen (secondary N) is 1. The summed E-state index contributed by atoms with van der Waals surface area (Å²) in [5.41, 5.74) is -5.12. The van der Waals surface area contributed by atoms with Gasteiger partial charge in [0.1, 0.15) is 0 Å². The quantitative estimate of drug-likeness (QED) is 0.430. The summed E-state index contributed by atoms with van der Waals surface area (Å²) in [6, 6.07) is 0. The van der Waals surface area contributed by atoms with Gasteiger partial charge >= 0.3 is 6.18 Å². The first kappa shape index (κ1) is 14.3. The van der Waals surface area contributed by atoms with Crippen molar-refractivity contribution in [3.63, 3.8) is 0 Å². The highest BCUT2D eigenvalue weighted by molar-refractivity contribution is 5.17. The molecule has 0 spiro atoms. The van der Waals surface area contributed by atoms with Gasteiger partial charge in [-0.05, 0) is 12.5 Å². The van der Waals surface area contributed by atoms with Crippen LogP contribution in [0.3, 0.4) is 0 Å². The summed E-state index contributed by atoms with van der Waals surface area (Å²) >= 11 is 0. The molecule has 0 aliphatic rings. The van der Waals surface area contributed by atoms with Gasteiger partial charge < -0.3 is 5.11 Å². The van der Waals surface area contributed by atoms with E-state index >= 15 is 0 Å². The predicted octanol–water partition coefficient (Wildman–Crippen LogP) is 1.71. The van der Waals surface area contributed by atoms with E-state index in [4.69, 9.17) is 5.11 Å². The zero-order valence-corrected chi connectivity index (χ0v) is 8.04. The highest BCUT2D eigenvalue weighted by Gasteiger charge is 2.62. The molecule has 0 bridgehead atoms. The fourth-order valence-corrected chi connectivity index (χ4v) is 0.934. The van der Waals surface area contributed by atoms with Crippen molar-refractivity contribution in [3.05, 3.63) is 12.2 Å². The van der Waals surface area contributed by atoms with Crippen LogP contribution in [0.4, 0.5) is 22.0 Å². The van der Waals surface area contributed by atoms with Crippen LogP contribution >= 0.6 is 0 Å². The van der Waals surface area contributed by atoms with E-state index in [-0.39, 0.29) is 0 Å². The first-order chi connectivity index (χ1) is 6.67. The first-order valence-electron chi connectivity index (χ1n) is 4.07. The molecule has 15 heavy (non-hydrogen) atoms. The van der Waals surface area contributed by atoms with Gasteiger partial charge in [0, 0.05) is 6.54 Å². The SMILES string of the molecule is C=C(C)C(F)(C(F)NCCO)C(F)(F)F. The van der Waals surface area contributed by atoms with Crippen molar-refractivity contribution in [3.8, 4) is 0 Å². The molecule has 7 heteroatoms. The summed E-state index contributed by atoms with van der Waals surface area (Å²) in [5.74, 6) is 0. The lowest BCUT2D eigenvalue weighted by Crippen LogP contribution is -2.55. The van der Waals surface area contributed by atoms with Gasteiger partial charge in [-0.1, -0.05) is 6.58 Å². The minimum absolute atomic E-state index is 0.476. The monoisotopic (exact) mass is 233 g/mol. The van der Waals surface area contributed by atoms with Crippen LogP contribution in [-0.4, -0.2) is 36.4 Å². The van der Waals surface area contributed by atoms with Crippen molar-refractivity contribution < 1.29 is 27.1 Å². The summed E-state index contributed by atoms with van der Waals surface area (Å²) < 4.78 is 63.2. The number of hydrogen-bond donors (Lipinski definition) is 2. The Hall–Kier alpha value is -0.690. The van der Waals surface area contributed by atoms with Crippen LogP contribution < -0.4 is 5.32 Å². The number of alkyl halides is 5. The Morgan fingerprint density at radius 1 is 1.40 bits per heavy atom. The second-order valence-corrected chi connectivity index (χ2v) is 3.03. The average Bonchev–Trinajstić information content (AvgIpc) is 2.10. The van der Waals surface area contributed by atoms with Crippen LogP contribution in [0.25, 0.3) is 0 Å². The highest BCUT2D eigenvalue weighted by Crippen LogP contribution is 2.42. The molecule has 0 aromatic heterocycles. The number of aliphatic hydroxyl groups is 1. The van der Waals surface area contributed by atoms with Gasteiger partial charge in [0.05, 0.1) is 6.61 Å². The second kappa shape index (κ2) is 4.89. The van der Waals surface area contributed by atoms with E-state index in [0.29, 0.717) is 0 Å². The molecule has 2 atom stereocenters. The van der Waals surface area contributed by atoms with Crippen LogP contribution in [0.1, 0.15) is 6.92 Å². The van der Waals surface area contributed by atoms with Crippen molar-refractivity contribution in [2.45, 2.75) is 25.1 Å². The molecule has 0 fully saturated rings. The Kier molecular flexibility index (Phi) is 4.66. The molecule has 0 radical (unpaired) electrons. The van der Waals surface area contributed by atoms with Gasteiger partial charge in [0.15, 0.2) is 6.30 Å². The molecule has 0 aliphatic carbocycles. The maximum Gasteiger partial charge on any atom is 0.430 e. The maximum atomic E-state index is 13.4. The fourth-order valence-electron chi connectivity index (χ4n) is 0.934. The zero-order chi connectivity index (χ0) is 12.3. The van der Waals surface area contributed by atoms with E-state index in [1.807, 2.05) is 0 Å². The lowest BCUT2D eigenvalue weighted by molar-refractivity contribution is -0.238. The molecule has 0 aromatic carbocycles. The molecule has 0 rings (SSSR count). The number of rotatable bonds is 5. The third-order valence-corrected chi connectivity index (χ3v) is 1.82. The molecule has 0 aliphatic heterocycles. The molecule has 0 saturated carbocycles. The van der Waals surface area contributed by atoms with Crippen molar-refractivity contribution in [2.24, 2.45) is 0 Å². The van der Waals surface area contributed by atoms with Gasteiger partial charge in [-0.15, -0.1) is 0 Å². The molecule has 2 unspecified atom stereocenters. The topological polar surface area (TPSA) is 32.3 Å². The van der Waals surface area contributed by atoms with Crippen LogP contribution in [-0.2, 0) is 0 Å². The van der Waals surface area contributed by atoms with Gasteiger partial charge in [0.2, 0.25) is 0 Å². The summed E-state index contributed by atoms with van der Waals surface area (Å²) in [4.78, 5) is 0. The Morgan fingerprint density at radius 3 is 2.13 bits per heavy atom. The third kappa shape index (κ3) is 2.88. The van der Waals surface area contributed by atoms with E-state index in [0.717, 1.165) is 6.92 Å². The minimum atomic E-state index is -5.39. The summed E-state index contributed by atoms with van der Waals surface area (Å²) in [7, 11) is 0. The average molecular weight is 233 g/mol. The zero-order valence-electron chi connectivity index (χ0n) is 8.04. The first-order valence-corrected chi connectivity index (χ1v) is 4.07. The molecular formula is C8H12F5NO. The number of aliphatic hydroxyl groups excluding tert-OH is 1. The number of halogens is 5. The fraction of sp³-hybridized carbons (Fsp3) is 0.750. The molecule has 0 amide bonds. The molecule has 2 N–H and O–H groups in total. The maximum absolute atomic E-state index is 13.4. The largest absolute Gasteiger partial charge is 0.430 e. The highest BCUT2D eigenvalue weighted by atomic mass is 19.4. The summed E-state index contributed by atoms with van der Waals surface area (Å²) in [6.45, 7) is 2.47. The summed E-state index contributed by atoms with van der Waals surface area (Å²) in [6.07, 6.45) is -8.37. The molecule has 0 aromatic rings. The van der Waals surface area contributed by atoms with E-state index in [1.54, 1.807) is 5.32 Å². The standard InChI is InChI=1S/C8H12F5NO/c1-5(2)7(10,8(11,12)13)6(9)14-3-4-15/h6,14-15H,1,3-4H2,2H3.